The summed E-state index contributed by atoms with van der Waals surface area (Å²) in [6.07, 6.45) is 3.32. The van der Waals surface area contributed by atoms with Crippen LogP contribution in [-0.4, -0.2) is 15.6 Å². The number of rotatable bonds is 1. The SMILES string of the molecule is Cn1ncc2ccc3c(c21)C(c1ccc(Cl)s1)C1=C(CC(C)(C)CC1=O)N3. The first-order valence-electron chi connectivity index (χ1n) is 9.07. The minimum absolute atomic E-state index is 0.0330. The molecule has 2 aromatic heterocycles. The summed E-state index contributed by atoms with van der Waals surface area (Å²) in [6, 6.07) is 8.18. The molecule has 5 rings (SSSR count). The molecule has 138 valence electrons. The number of fused-ring (bicyclic) bond motifs is 3. The van der Waals surface area contributed by atoms with Gasteiger partial charge in [-0.2, -0.15) is 5.10 Å². The van der Waals surface area contributed by atoms with Crippen molar-refractivity contribution >= 4 is 45.3 Å². The van der Waals surface area contributed by atoms with E-state index in [-0.39, 0.29) is 17.1 Å². The Balaban J connectivity index is 1.83. The zero-order valence-corrected chi connectivity index (χ0v) is 17.0. The normalized spacial score (nSPS) is 21.2. The fourth-order valence-corrected chi connectivity index (χ4v) is 5.74. The number of hydrogen-bond donors (Lipinski definition) is 1. The Hall–Kier alpha value is -2.11. The van der Waals surface area contributed by atoms with Crippen molar-refractivity contribution in [1.82, 2.24) is 9.78 Å². The van der Waals surface area contributed by atoms with E-state index in [0.29, 0.717) is 6.42 Å². The quantitative estimate of drug-likeness (QED) is 0.590. The van der Waals surface area contributed by atoms with Crippen LogP contribution >= 0.6 is 22.9 Å². The molecule has 1 unspecified atom stereocenters. The molecular formula is C21H20ClN3OS. The fourth-order valence-electron chi connectivity index (χ4n) is 4.55. The zero-order chi connectivity index (χ0) is 18.9. The summed E-state index contributed by atoms with van der Waals surface area (Å²) in [7, 11) is 1.96. The third kappa shape index (κ3) is 2.56. The first kappa shape index (κ1) is 17.0. The first-order valence-corrected chi connectivity index (χ1v) is 10.3. The molecule has 0 saturated carbocycles. The van der Waals surface area contributed by atoms with E-state index < -0.39 is 0 Å². The summed E-state index contributed by atoms with van der Waals surface area (Å²) in [5.74, 6) is 0.129. The maximum atomic E-state index is 13.3. The summed E-state index contributed by atoms with van der Waals surface area (Å²) in [4.78, 5) is 14.4. The number of anilines is 1. The van der Waals surface area contributed by atoms with Crippen LogP contribution in [0.2, 0.25) is 4.34 Å². The van der Waals surface area contributed by atoms with Crippen molar-refractivity contribution in [3.05, 3.63) is 56.5 Å². The van der Waals surface area contributed by atoms with E-state index in [1.54, 1.807) is 11.3 Å². The Labute approximate surface area is 166 Å². The summed E-state index contributed by atoms with van der Waals surface area (Å²) < 4.78 is 2.65. The lowest BCUT2D eigenvalue weighted by molar-refractivity contribution is -0.118. The monoisotopic (exact) mass is 397 g/mol. The van der Waals surface area contributed by atoms with Gasteiger partial charge in [0.05, 0.1) is 22.0 Å². The molecule has 1 aliphatic heterocycles. The van der Waals surface area contributed by atoms with Gasteiger partial charge >= 0.3 is 0 Å². The number of aromatic nitrogens is 2. The summed E-state index contributed by atoms with van der Waals surface area (Å²) in [6.45, 7) is 4.32. The van der Waals surface area contributed by atoms with Gasteiger partial charge in [-0.1, -0.05) is 25.4 Å². The van der Waals surface area contributed by atoms with Gasteiger partial charge in [0.15, 0.2) is 5.78 Å². The van der Waals surface area contributed by atoms with Crippen LogP contribution in [-0.2, 0) is 11.8 Å². The Kier molecular flexibility index (Phi) is 3.59. The van der Waals surface area contributed by atoms with Crippen LogP contribution in [0.15, 0.2) is 41.7 Å². The number of allylic oxidation sites excluding steroid dienone is 2. The maximum absolute atomic E-state index is 13.3. The van der Waals surface area contributed by atoms with Crippen LogP contribution in [0.3, 0.4) is 0 Å². The van der Waals surface area contributed by atoms with Gasteiger partial charge in [0.25, 0.3) is 0 Å². The number of carbonyl (C=O) groups is 1. The highest BCUT2D eigenvalue weighted by Gasteiger charge is 2.42. The standard InChI is InChI=1S/C21H20ClN3OS/c1-21(2)8-13-17(14(26)9-21)19(15-6-7-16(22)27-15)18-12(24-13)5-4-11-10-23-25(3)20(11)18/h4-7,10,19,24H,8-9H2,1-3H3. The van der Waals surface area contributed by atoms with Crippen molar-refractivity contribution in [2.45, 2.75) is 32.6 Å². The van der Waals surface area contributed by atoms with Gasteiger partial charge in [0.1, 0.15) is 0 Å². The molecule has 3 heterocycles. The van der Waals surface area contributed by atoms with Gasteiger partial charge in [0.2, 0.25) is 0 Å². The van der Waals surface area contributed by atoms with Gasteiger partial charge in [-0.05, 0) is 36.1 Å². The number of Topliss-reactive ketones (excluding diaryl/α,β-unsaturated/α-hetero) is 1. The molecule has 0 amide bonds. The molecule has 0 saturated heterocycles. The topological polar surface area (TPSA) is 46.9 Å². The van der Waals surface area contributed by atoms with E-state index in [0.717, 1.165) is 49.1 Å². The Morgan fingerprint density at radius 1 is 1.26 bits per heavy atom. The number of aryl methyl sites for hydroxylation is 1. The number of halogens is 1. The molecule has 1 atom stereocenters. The fraction of sp³-hybridized carbons (Fsp3) is 0.333. The molecule has 1 N–H and O–H groups in total. The van der Waals surface area contributed by atoms with Crippen molar-refractivity contribution < 1.29 is 4.79 Å². The predicted octanol–water partition coefficient (Wildman–Crippen LogP) is 5.49. The number of thiophene rings is 1. The number of nitrogens with one attached hydrogen (secondary N) is 1. The molecule has 27 heavy (non-hydrogen) atoms. The first-order chi connectivity index (χ1) is 12.8. The van der Waals surface area contributed by atoms with Crippen LogP contribution in [0.4, 0.5) is 5.69 Å². The van der Waals surface area contributed by atoms with Crippen LogP contribution in [0.25, 0.3) is 10.9 Å². The van der Waals surface area contributed by atoms with E-state index in [1.807, 2.05) is 24.0 Å². The smallest absolute Gasteiger partial charge is 0.162 e. The molecule has 3 aromatic rings. The Morgan fingerprint density at radius 2 is 2.07 bits per heavy atom. The van der Waals surface area contributed by atoms with Crippen molar-refractivity contribution in [3.8, 4) is 0 Å². The highest BCUT2D eigenvalue weighted by molar-refractivity contribution is 7.16. The Bertz CT molecular complexity index is 1140. The second-order valence-electron chi connectivity index (χ2n) is 8.27. The van der Waals surface area contributed by atoms with E-state index in [1.165, 1.54) is 0 Å². The number of carbonyl (C=O) groups excluding carboxylic acids is 1. The lowest BCUT2D eigenvalue weighted by Crippen LogP contribution is -2.33. The molecule has 0 bridgehead atoms. The molecule has 1 aromatic carbocycles. The number of nitrogens with zero attached hydrogens (tertiary/aromatic N) is 2. The van der Waals surface area contributed by atoms with Crippen LogP contribution in [0, 0.1) is 5.41 Å². The lowest BCUT2D eigenvalue weighted by atomic mass is 9.69. The molecule has 1 aliphatic carbocycles. The molecule has 0 radical (unpaired) electrons. The largest absolute Gasteiger partial charge is 0.358 e. The zero-order valence-electron chi connectivity index (χ0n) is 15.5. The predicted molar refractivity (Wildman–Crippen MR) is 111 cm³/mol. The van der Waals surface area contributed by atoms with Gasteiger partial charge < -0.3 is 5.32 Å². The lowest BCUT2D eigenvalue weighted by Gasteiger charge is -2.39. The molecule has 0 fully saturated rings. The summed E-state index contributed by atoms with van der Waals surface area (Å²) in [5, 5.41) is 9.12. The minimum Gasteiger partial charge on any atom is -0.358 e. The summed E-state index contributed by atoms with van der Waals surface area (Å²) >= 11 is 7.83. The minimum atomic E-state index is -0.101. The molecule has 2 aliphatic rings. The summed E-state index contributed by atoms with van der Waals surface area (Å²) in [5.41, 5.74) is 5.17. The van der Waals surface area contributed by atoms with Crippen molar-refractivity contribution in [1.29, 1.82) is 0 Å². The van der Waals surface area contributed by atoms with Gasteiger partial charge in [-0.25, -0.2) is 0 Å². The molecule has 0 spiro atoms. The van der Waals surface area contributed by atoms with Gasteiger partial charge in [-0.15, -0.1) is 11.3 Å². The van der Waals surface area contributed by atoms with E-state index in [2.05, 4.69) is 42.5 Å². The van der Waals surface area contributed by atoms with Crippen LogP contribution < -0.4 is 5.32 Å². The average Bonchev–Trinajstić information content (AvgIpc) is 3.18. The van der Waals surface area contributed by atoms with Gasteiger partial charge in [0, 0.05) is 46.3 Å². The van der Waals surface area contributed by atoms with E-state index in [4.69, 9.17) is 11.6 Å². The highest BCUT2D eigenvalue weighted by atomic mass is 35.5. The van der Waals surface area contributed by atoms with Crippen molar-refractivity contribution in [2.75, 3.05) is 5.32 Å². The maximum Gasteiger partial charge on any atom is 0.162 e. The van der Waals surface area contributed by atoms with Crippen molar-refractivity contribution in [2.24, 2.45) is 12.5 Å². The van der Waals surface area contributed by atoms with Crippen molar-refractivity contribution in [3.63, 3.8) is 0 Å². The number of benzene rings is 1. The third-order valence-corrected chi connectivity index (χ3v) is 6.90. The van der Waals surface area contributed by atoms with E-state index >= 15 is 0 Å². The molecular weight excluding hydrogens is 378 g/mol. The highest BCUT2D eigenvalue weighted by Crippen LogP contribution is 2.52. The van der Waals surface area contributed by atoms with E-state index in [9.17, 15) is 4.79 Å². The number of hydrogen-bond acceptors (Lipinski definition) is 4. The van der Waals surface area contributed by atoms with Crippen LogP contribution in [0.5, 0.6) is 0 Å². The number of ketones is 1. The third-order valence-electron chi connectivity index (χ3n) is 5.60. The average molecular weight is 398 g/mol. The second-order valence-corrected chi connectivity index (χ2v) is 10.0. The second kappa shape index (κ2) is 5.69. The van der Waals surface area contributed by atoms with Crippen LogP contribution in [0.1, 0.15) is 43.0 Å². The van der Waals surface area contributed by atoms with Gasteiger partial charge in [-0.3, -0.25) is 9.48 Å². The molecule has 4 nitrogen and oxygen atoms in total. The molecule has 6 heteroatoms. The Morgan fingerprint density at radius 3 is 2.81 bits per heavy atom.